The van der Waals surface area contributed by atoms with Crippen LogP contribution in [0.15, 0.2) is 30.3 Å². The van der Waals surface area contributed by atoms with E-state index in [0.29, 0.717) is 18.5 Å². The number of nitrogens with one attached hydrogen (secondary N) is 1. The molecule has 0 saturated heterocycles. The standard InChI is InChI=1S/C14H18N2O4/c1-2-6-12(17)15-9-13(18)16(10-14(19)20)11-7-4-3-5-8-11/h3-5,7-8H,2,6,9-10H2,1H3,(H,15,17)(H,19,20). The van der Waals surface area contributed by atoms with Crippen molar-refractivity contribution in [1.82, 2.24) is 5.32 Å². The lowest BCUT2D eigenvalue weighted by molar-refractivity contribution is -0.136. The van der Waals surface area contributed by atoms with E-state index in [2.05, 4.69) is 5.32 Å². The molecule has 0 unspecified atom stereocenters. The predicted octanol–water partition coefficient (Wildman–Crippen LogP) is 1.02. The fourth-order valence-corrected chi connectivity index (χ4v) is 1.65. The van der Waals surface area contributed by atoms with Crippen molar-refractivity contribution in [2.45, 2.75) is 19.8 Å². The van der Waals surface area contributed by atoms with Crippen molar-refractivity contribution in [3.63, 3.8) is 0 Å². The van der Waals surface area contributed by atoms with Crippen LogP contribution in [0, 0.1) is 0 Å². The molecule has 0 aromatic heterocycles. The number of carbonyl (C=O) groups excluding carboxylic acids is 2. The number of carbonyl (C=O) groups is 3. The third-order valence-electron chi connectivity index (χ3n) is 2.58. The van der Waals surface area contributed by atoms with E-state index in [0.717, 1.165) is 4.90 Å². The van der Waals surface area contributed by atoms with Crippen LogP contribution in [0.2, 0.25) is 0 Å². The summed E-state index contributed by atoms with van der Waals surface area (Å²) in [6.07, 6.45) is 1.04. The number of hydrogen-bond acceptors (Lipinski definition) is 3. The highest BCUT2D eigenvalue weighted by Gasteiger charge is 2.18. The van der Waals surface area contributed by atoms with Crippen LogP contribution in [0.4, 0.5) is 5.69 Å². The molecular weight excluding hydrogens is 260 g/mol. The number of para-hydroxylation sites is 1. The summed E-state index contributed by atoms with van der Waals surface area (Å²) in [5.41, 5.74) is 0.490. The van der Waals surface area contributed by atoms with Gasteiger partial charge in [-0.15, -0.1) is 0 Å². The molecule has 20 heavy (non-hydrogen) atoms. The molecule has 0 spiro atoms. The number of anilines is 1. The summed E-state index contributed by atoms with van der Waals surface area (Å²) in [5, 5.41) is 11.4. The Hall–Kier alpha value is -2.37. The van der Waals surface area contributed by atoms with Crippen LogP contribution in [0.5, 0.6) is 0 Å². The molecule has 1 rings (SSSR count). The average Bonchev–Trinajstić information content (AvgIpc) is 2.43. The first-order valence-electron chi connectivity index (χ1n) is 6.38. The minimum absolute atomic E-state index is 0.207. The lowest BCUT2D eigenvalue weighted by atomic mass is 10.2. The average molecular weight is 278 g/mol. The maximum absolute atomic E-state index is 12.0. The number of carboxylic acids is 1. The third-order valence-corrected chi connectivity index (χ3v) is 2.58. The van der Waals surface area contributed by atoms with Gasteiger partial charge in [-0.3, -0.25) is 19.3 Å². The number of carboxylic acid groups (broad SMARTS) is 1. The minimum Gasteiger partial charge on any atom is -0.480 e. The Balaban J connectivity index is 2.71. The molecule has 1 aromatic rings. The van der Waals surface area contributed by atoms with Crippen LogP contribution in [0.1, 0.15) is 19.8 Å². The highest BCUT2D eigenvalue weighted by molar-refractivity contribution is 5.99. The van der Waals surface area contributed by atoms with Crippen LogP contribution in [0.3, 0.4) is 0 Å². The van der Waals surface area contributed by atoms with Gasteiger partial charge in [-0.05, 0) is 18.6 Å². The summed E-state index contributed by atoms with van der Waals surface area (Å²) in [4.78, 5) is 35.3. The van der Waals surface area contributed by atoms with Gasteiger partial charge in [0.25, 0.3) is 0 Å². The van der Waals surface area contributed by atoms with Gasteiger partial charge in [0.1, 0.15) is 6.54 Å². The Labute approximate surface area is 117 Å². The summed E-state index contributed by atoms with van der Waals surface area (Å²) in [6.45, 7) is 1.22. The van der Waals surface area contributed by atoms with E-state index in [1.165, 1.54) is 0 Å². The second-order valence-corrected chi connectivity index (χ2v) is 4.24. The minimum atomic E-state index is -1.11. The molecule has 0 atom stereocenters. The van der Waals surface area contributed by atoms with Crippen LogP contribution >= 0.6 is 0 Å². The van der Waals surface area contributed by atoms with Crippen LogP contribution in [-0.2, 0) is 14.4 Å². The lowest BCUT2D eigenvalue weighted by Gasteiger charge is -2.21. The number of amides is 2. The molecule has 2 amide bonds. The van der Waals surface area contributed by atoms with Gasteiger partial charge in [0.05, 0.1) is 6.54 Å². The first-order valence-corrected chi connectivity index (χ1v) is 6.38. The molecule has 108 valence electrons. The van der Waals surface area contributed by atoms with E-state index >= 15 is 0 Å². The molecular formula is C14H18N2O4. The fraction of sp³-hybridized carbons (Fsp3) is 0.357. The first-order chi connectivity index (χ1) is 9.54. The highest BCUT2D eigenvalue weighted by atomic mass is 16.4. The lowest BCUT2D eigenvalue weighted by Crippen LogP contribution is -2.42. The number of nitrogens with zero attached hydrogens (tertiary/aromatic N) is 1. The largest absolute Gasteiger partial charge is 0.480 e. The Morgan fingerprint density at radius 2 is 1.85 bits per heavy atom. The molecule has 0 aliphatic carbocycles. The second-order valence-electron chi connectivity index (χ2n) is 4.24. The zero-order valence-corrected chi connectivity index (χ0v) is 11.3. The van der Waals surface area contributed by atoms with Gasteiger partial charge in [0.15, 0.2) is 0 Å². The smallest absolute Gasteiger partial charge is 0.323 e. The van der Waals surface area contributed by atoms with Crippen molar-refractivity contribution in [1.29, 1.82) is 0 Å². The summed E-state index contributed by atoms with van der Waals surface area (Å²) < 4.78 is 0. The highest BCUT2D eigenvalue weighted by Crippen LogP contribution is 2.12. The van der Waals surface area contributed by atoms with E-state index in [1.807, 2.05) is 6.92 Å². The maximum atomic E-state index is 12.0. The van der Waals surface area contributed by atoms with E-state index in [9.17, 15) is 14.4 Å². The topological polar surface area (TPSA) is 86.7 Å². The zero-order chi connectivity index (χ0) is 15.0. The van der Waals surface area contributed by atoms with Crippen molar-refractivity contribution in [2.24, 2.45) is 0 Å². The van der Waals surface area contributed by atoms with Gasteiger partial charge in [-0.2, -0.15) is 0 Å². The Morgan fingerprint density at radius 1 is 1.20 bits per heavy atom. The number of hydrogen-bond donors (Lipinski definition) is 2. The molecule has 0 saturated carbocycles. The van der Waals surface area contributed by atoms with Gasteiger partial charge in [0.2, 0.25) is 11.8 Å². The molecule has 6 heteroatoms. The van der Waals surface area contributed by atoms with Gasteiger partial charge < -0.3 is 10.4 Å². The third kappa shape index (κ3) is 5.09. The Morgan fingerprint density at radius 3 is 2.40 bits per heavy atom. The summed E-state index contributed by atoms with van der Waals surface area (Å²) >= 11 is 0. The monoisotopic (exact) mass is 278 g/mol. The normalized spacial score (nSPS) is 9.85. The maximum Gasteiger partial charge on any atom is 0.323 e. The summed E-state index contributed by atoms with van der Waals surface area (Å²) in [5.74, 6) is -1.78. The molecule has 0 heterocycles. The fourth-order valence-electron chi connectivity index (χ4n) is 1.65. The predicted molar refractivity (Wildman–Crippen MR) is 74.3 cm³/mol. The molecule has 2 N–H and O–H groups in total. The molecule has 1 aromatic carbocycles. The first kappa shape index (κ1) is 15.7. The number of benzene rings is 1. The molecule has 0 bridgehead atoms. The van der Waals surface area contributed by atoms with E-state index in [1.54, 1.807) is 30.3 Å². The molecule has 6 nitrogen and oxygen atoms in total. The van der Waals surface area contributed by atoms with Crippen molar-refractivity contribution < 1.29 is 19.5 Å². The number of aliphatic carboxylic acids is 1. The van der Waals surface area contributed by atoms with Gasteiger partial charge in [0, 0.05) is 12.1 Å². The van der Waals surface area contributed by atoms with Crippen LogP contribution < -0.4 is 10.2 Å². The molecule has 0 fully saturated rings. The van der Waals surface area contributed by atoms with Gasteiger partial charge in [-0.1, -0.05) is 25.1 Å². The number of rotatable bonds is 7. The van der Waals surface area contributed by atoms with E-state index in [4.69, 9.17) is 5.11 Å². The zero-order valence-electron chi connectivity index (χ0n) is 11.3. The SMILES string of the molecule is CCCC(=O)NCC(=O)N(CC(=O)O)c1ccccc1. The summed E-state index contributed by atoms with van der Waals surface area (Å²) in [6, 6.07) is 8.50. The van der Waals surface area contributed by atoms with Gasteiger partial charge in [-0.25, -0.2) is 0 Å². The van der Waals surface area contributed by atoms with Crippen LogP contribution in [0.25, 0.3) is 0 Å². The van der Waals surface area contributed by atoms with Crippen LogP contribution in [-0.4, -0.2) is 36.0 Å². The van der Waals surface area contributed by atoms with Crippen molar-refractivity contribution in [2.75, 3.05) is 18.0 Å². The summed E-state index contributed by atoms with van der Waals surface area (Å²) in [7, 11) is 0. The molecule has 0 aliphatic rings. The van der Waals surface area contributed by atoms with Crippen molar-refractivity contribution in [3.05, 3.63) is 30.3 Å². The molecule has 0 aliphatic heterocycles. The Bertz CT molecular complexity index is 473. The Kier molecular flexibility index (Phi) is 6.22. The van der Waals surface area contributed by atoms with Gasteiger partial charge >= 0.3 is 5.97 Å². The molecule has 0 radical (unpaired) electrons. The van der Waals surface area contributed by atoms with Crippen molar-refractivity contribution in [3.8, 4) is 0 Å². The second kappa shape index (κ2) is 7.93. The quantitative estimate of drug-likeness (QED) is 0.779. The van der Waals surface area contributed by atoms with Crippen molar-refractivity contribution >= 4 is 23.5 Å². The van der Waals surface area contributed by atoms with E-state index in [-0.39, 0.29) is 12.5 Å². The van der Waals surface area contributed by atoms with E-state index < -0.39 is 18.4 Å².